The first-order chi connectivity index (χ1) is 17.6. The second-order valence-corrected chi connectivity index (χ2v) is 11.4. The Balaban J connectivity index is 1.43. The van der Waals surface area contributed by atoms with Crippen LogP contribution in [0.2, 0.25) is 0 Å². The molecular formula is C26H30N8O2S. The van der Waals surface area contributed by atoms with Gasteiger partial charge >= 0.3 is 6.09 Å². The van der Waals surface area contributed by atoms with Crippen molar-refractivity contribution in [2.24, 2.45) is 0 Å². The Bertz CT molecular complexity index is 1500. The highest BCUT2D eigenvalue weighted by Gasteiger charge is 2.28. The van der Waals surface area contributed by atoms with Crippen LogP contribution >= 0.6 is 11.3 Å². The Hall–Kier alpha value is -3.91. The number of H-pyrrole nitrogens is 1. The highest BCUT2D eigenvalue weighted by Crippen LogP contribution is 2.39. The van der Waals surface area contributed by atoms with Gasteiger partial charge < -0.3 is 24.8 Å². The highest BCUT2D eigenvalue weighted by molar-refractivity contribution is 7.18. The monoisotopic (exact) mass is 518 g/mol. The van der Waals surface area contributed by atoms with Gasteiger partial charge in [0.15, 0.2) is 5.01 Å². The van der Waals surface area contributed by atoms with E-state index in [1.807, 2.05) is 39.1 Å². The summed E-state index contributed by atoms with van der Waals surface area (Å²) in [5.74, 6) is 0. The molecule has 0 atom stereocenters. The average Bonchev–Trinajstić information content (AvgIpc) is 3.48. The maximum absolute atomic E-state index is 12.4. The van der Waals surface area contributed by atoms with Crippen molar-refractivity contribution < 1.29 is 9.53 Å². The number of nitrogens with zero attached hydrogens (tertiary/aromatic N) is 6. The number of nitriles is 1. The van der Waals surface area contributed by atoms with Gasteiger partial charge in [-0.1, -0.05) is 11.3 Å². The van der Waals surface area contributed by atoms with Gasteiger partial charge in [-0.15, -0.1) is 10.2 Å². The summed E-state index contributed by atoms with van der Waals surface area (Å²) in [5, 5.41) is 24.4. The Morgan fingerprint density at radius 2 is 1.97 bits per heavy atom. The Morgan fingerprint density at radius 1 is 1.22 bits per heavy atom. The van der Waals surface area contributed by atoms with Gasteiger partial charge in [0, 0.05) is 49.3 Å². The molecule has 5 rings (SSSR count). The number of hydrogen-bond donors (Lipinski definition) is 2. The number of aromatic nitrogens is 4. The number of benzene rings is 1. The first-order valence-corrected chi connectivity index (χ1v) is 13.1. The number of piperazine rings is 1. The number of carbonyl (C=O) groups is 1. The molecule has 1 aliphatic rings. The molecule has 0 unspecified atom stereocenters. The van der Waals surface area contributed by atoms with Crippen LogP contribution in [0.15, 0.2) is 24.4 Å². The quantitative estimate of drug-likeness (QED) is 0.388. The van der Waals surface area contributed by atoms with Crippen LogP contribution in [0.25, 0.3) is 32.5 Å². The number of nitrogens with one attached hydrogen (secondary N) is 2. The number of carbonyl (C=O) groups excluding carboxylic acids is 1. The van der Waals surface area contributed by atoms with Gasteiger partial charge in [-0.05, 0) is 52.8 Å². The molecule has 0 bridgehead atoms. The third-order valence-electron chi connectivity index (χ3n) is 6.02. The molecule has 0 aliphatic carbocycles. The number of amides is 1. The molecule has 1 saturated heterocycles. The number of hydrogen-bond acceptors (Lipinski definition) is 9. The topological polar surface area (TPSA) is 123 Å². The summed E-state index contributed by atoms with van der Waals surface area (Å²) in [4.78, 5) is 24.5. The molecule has 1 amide bonds. The van der Waals surface area contributed by atoms with E-state index in [9.17, 15) is 10.1 Å². The van der Waals surface area contributed by atoms with Crippen molar-refractivity contribution in [2.45, 2.75) is 46.3 Å². The predicted octanol–water partition coefficient (Wildman–Crippen LogP) is 4.98. The van der Waals surface area contributed by atoms with E-state index < -0.39 is 5.60 Å². The fourth-order valence-corrected chi connectivity index (χ4v) is 5.27. The van der Waals surface area contributed by atoms with Crippen molar-refractivity contribution in [3.8, 4) is 16.6 Å². The lowest BCUT2D eigenvalue weighted by molar-refractivity contribution is 0.0240. The molecule has 192 valence electrons. The van der Waals surface area contributed by atoms with Crippen LogP contribution in [-0.2, 0) is 4.74 Å². The van der Waals surface area contributed by atoms with Crippen molar-refractivity contribution in [2.75, 3.05) is 36.4 Å². The first-order valence-electron chi connectivity index (χ1n) is 12.3. The van der Waals surface area contributed by atoms with Gasteiger partial charge in [0.25, 0.3) is 0 Å². The molecule has 0 spiro atoms. The van der Waals surface area contributed by atoms with Crippen molar-refractivity contribution in [1.29, 1.82) is 5.26 Å². The van der Waals surface area contributed by atoms with E-state index in [1.54, 1.807) is 11.0 Å². The van der Waals surface area contributed by atoms with E-state index in [4.69, 9.17) is 9.72 Å². The largest absolute Gasteiger partial charge is 0.444 e. The number of fused-ring (bicyclic) bond motifs is 3. The van der Waals surface area contributed by atoms with Crippen LogP contribution in [0.5, 0.6) is 0 Å². The van der Waals surface area contributed by atoms with Gasteiger partial charge in [-0.3, -0.25) is 4.98 Å². The van der Waals surface area contributed by atoms with E-state index in [1.165, 1.54) is 11.3 Å². The van der Waals surface area contributed by atoms with Crippen LogP contribution in [-0.4, -0.2) is 69.0 Å². The lowest BCUT2D eigenvalue weighted by Gasteiger charge is -2.35. The zero-order valence-corrected chi connectivity index (χ0v) is 22.4. The second kappa shape index (κ2) is 9.52. The summed E-state index contributed by atoms with van der Waals surface area (Å²) in [6, 6.07) is 7.95. The van der Waals surface area contributed by atoms with Crippen molar-refractivity contribution in [1.82, 2.24) is 25.1 Å². The molecule has 2 N–H and O–H groups in total. The first kappa shape index (κ1) is 24.8. The van der Waals surface area contributed by atoms with Gasteiger partial charge in [-0.2, -0.15) is 5.26 Å². The number of ether oxygens (including phenoxy) is 1. The minimum absolute atomic E-state index is 0.179. The zero-order chi connectivity index (χ0) is 26.3. The van der Waals surface area contributed by atoms with Crippen LogP contribution in [0.3, 0.4) is 0 Å². The molecule has 1 aliphatic heterocycles. The molecule has 3 aromatic heterocycles. The summed E-state index contributed by atoms with van der Waals surface area (Å²) in [7, 11) is 0. The molecule has 1 fully saturated rings. The molecular weight excluding hydrogens is 488 g/mol. The summed E-state index contributed by atoms with van der Waals surface area (Å²) in [5.41, 5.74) is 4.44. The standard InChI is InChI=1S/C26H30N8O2S/c1-15(2)29-21-18(14-28-20-17-7-6-16(13-27)12-19(17)30-22(20)21)23-31-32-24(37-23)33-8-10-34(11-9-33)25(35)36-26(3,4)5/h6-7,12,14-15,30H,8-11H2,1-5H3,(H,28,29). The molecule has 4 heterocycles. The number of pyridine rings is 1. The molecule has 37 heavy (non-hydrogen) atoms. The maximum Gasteiger partial charge on any atom is 0.410 e. The third kappa shape index (κ3) is 5.02. The molecule has 4 aromatic rings. The van der Waals surface area contributed by atoms with E-state index in [0.29, 0.717) is 31.7 Å². The fraction of sp³-hybridized carbons (Fsp3) is 0.423. The Morgan fingerprint density at radius 3 is 2.65 bits per heavy atom. The Labute approximate surface area is 219 Å². The summed E-state index contributed by atoms with van der Waals surface area (Å²) in [6.45, 7) is 12.2. The van der Waals surface area contributed by atoms with Gasteiger partial charge in [0.2, 0.25) is 5.13 Å². The minimum Gasteiger partial charge on any atom is -0.444 e. The zero-order valence-electron chi connectivity index (χ0n) is 21.6. The summed E-state index contributed by atoms with van der Waals surface area (Å²) >= 11 is 1.51. The van der Waals surface area contributed by atoms with Crippen LogP contribution in [0.4, 0.5) is 15.6 Å². The van der Waals surface area contributed by atoms with Crippen LogP contribution < -0.4 is 10.2 Å². The average molecular weight is 519 g/mol. The lowest BCUT2D eigenvalue weighted by Crippen LogP contribution is -2.50. The van der Waals surface area contributed by atoms with E-state index in [0.717, 1.165) is 43.3 Å². The van der Waals surface area contributed by atoms with Gasteiger partial charge in [0.05, 0.1) is 33.9 Å². The lowest BCUT2D eigenvalue weighted by atomic mass is 10.1. The number of anilines is 2. The SMILES string of the molecule is CC(C)Nc1c(-c2nnc(N3CCN(C(=O)OC(C)(C)C)CC3)s2)cnc2c1[nH]c1cc(C#N)ccc12. The number of aromatic amines is 1. The maximum atomic E-state index is 12.4. The normalized spacial score (nSPS) is 14.4. The molecule has 1 aromatic carbocycles. The predicted molar refractivity (Wildman–Crippen MR) is 146 cm³/mol. The van der Waals surface area contributed by atoms with Gasteiger partial charge in [-0.25, -0.2) is 4.79 Å². The molecule has 0 saturated carbocycles. The Kier molecular flexibility index (Phi) is 6.37. The van der Waals surface area contributed by atoms with E-state index in [2.05, 4.69) is 45.3 Å². The molecule has 10 nitrogen and oxygen atoms in total. The smallest absolute Gasteiger partial charge is 0.410 e. The van der Waals surface area contributed by atoms with Gasteiger partial charge in [0.1, 0.15) is 5.60 Å². The van der Waals surface area contributed by atoms with Crippen molar-refractivity contribution in [3.63, 3.8) is 0 Å². The van der Waals surface area contributed by atoms with Crippen molar-refractivity contribution in [3.05, 3.63) is 30.0 Å². The van der Waals surface area contributed by atoms with Crippen molar-refractivity contribution >= 4 is 50.2 Å². The van der Waals surface area contributed by atoms with E-state index >= 15 is 0 Å². The number of rotatable bonds is 4. The van der Waals surface area contributed by atoms with Crippen LogP contribution in [0.1, 0.15) is 40.2 Å². The molecule has 0 radical (unpaired) electrons. The minimum atomic E-state index is -0.512. The fourth-order valence-electron chi connectivity index (χ4n) is 4.36. The summed E-state index contributed by atoms with van der Waals surface area (Å²) in [6.07, 6.45) is 1.55. The molecule has 11 heteroatoms. The van der Waals surface area contributed by atoms with Crippen LogP contribution in [0, 0.1) is 11.3 Å². The summed E-state index contributed by atoms with van der Waals surface area (Å²) < 4.78 is 5.51. The third-order valence-corrected chi connectivity index (χ3v) is 7.04. The van der Waals surface area contributed by atoms with E-state index in [-0.39, 0.29) is 12.1 Å². The second-order valence-electron chi connectivity index (χ2n) is 10.4. The highest BCUT2D eigenvalue weighted by atomic mass is 32.1.